The second-order valence-electron chi connectivity index (χ2n) is 11.8. The van der Waals surface area contributed by atoms with E-state index in [0.29, 0.717) is 28.1 Å². The third-order valence-corrected chi connectivity index (χ3v) is 7.65. The summed E-state index contributed by atoms with van der Waals surface area (Å²) in [5, 5.41) is 17.2. The number of likely N-dealkylation sites (tertiary alicyclic amines) is 1. The lowest BCUT2D eigenvalue weighted by Gasteiger charge is -2.39. The average Bonchev–Trinajstić information content (AvgIpc) is 3.34. The van der Waals surface area contributed by atoms with Crippen LogP contribution in [0, 0.1) is 11.3 Å². The Labute approximate surface area is 251 Å². The fraction of sp³-hybridized carbons (Fsp3) is 0.355. The van der Waals surface area contributed by atoms with Gasteiger partial charge in [0.05, 0.1) is 0 Å². The van der Waals surface area contributed by atoms with Gasteiger partial charge in [0, 0.05) is 46.5 Å². The number of benzene rings is 2. The zero-order valence-corrected chi connectivity index (χ0v) is 25.1. The van der Waals surface area contributed by atoms with Crippen LogP contribution in [0.2, 0.25) is 10.0 Å². The first-order valence-corrected chi connectivity index (χ1v) is 14.6. The lowest BCUT2D eigenvalue weighted by atomic mass is 9.88. The summed E-state index contributed by atoms with van der Waals surface area (Å²) >= 11 is 12.7. The summed E-state index contributed by atoms with van der Waals surface area (Å²) < 4.78 is 0. The zero-order chi connectivity index (χ0) is 29.0. The highest BCUT2D eigenvalue weighted by Gasteiger charge is 2.28. The van der Waals surface area contributed by atoms with Gasteiger partial charge in [-0.3, -0.25) is 10.1 Å². The Morgan fingerprint density at radius 3 is 2.41 bits per heavy atom. The molecular weight excluding hydrogens is 557 g/mol. The van der Waals surface area contributed by atoms with Crippen LogP contribution in [0.4, 0.5) is 5.95 Å². The molecule has 0 unspecified atom stereocenters. The van der Waals surface area contributed by atoms with E-state index in [9.17, 15) is 4.79 Å². The molecule has 0 atom stereocenters. The van der Waals surface area contributed by atoms with Crippen LogP contribution in [0.5, 0.6) is 0 Å². The van der Waals surface area contributed by atoms with Crippen molar-refractivity contribution in [2.75, 3.05) is 25.0 Å². The van der Waals surface area contributed by atoms with Crippen molar-refractivity contribution < 1.29 is 4.79 Å². The molecule has 0 spiro atoms. The van der Waals surface area contributed by atoms with Gasteiger partial charge < -0.3 is 9.80 Å². The number of carbonyl (C=O) groups is 1. The van der Waals surface area contributed by atoms with Crippen LogP contribution in [0.1, 0.15) is 55.1 Å². The van der Waals surface area contributed by atoms with Crippen molar-refractivity contribution in [1.29, 1.82) is 0 Å². The first-order valence-electron chi connectivity index (χ1n) is 13.8. The number of hydrogen-bond acceptors (Lipinski definition) is 6. The highest BCUT2D eigenvalue weighted by molar-refractivity contribution is 6.34. The van der Waals surface area contributed by atoms with Crippen LogP contribution < -0.4 is 5.32 Å². The number of piperidine rings is 1. The molecule has 0 bridgehead atoms. The van der Waals surface area contributed by atoms with E-state index in [1.54, 1.807) is 6.07 Å². The van der Waals surface area contributed by atoms with Gasteiger partial charge in [-0.25, -0.2) is 0 Å². The molecule has 41 heavy (non-hydrogen) atoms. The molecule has 2 N–H and O–H groups in total. The number of rotatable bonds is 7. The Morgan fingerprint density at radius 2 is 1.78 bits per heavy atom. The van der Waals surface area contributed by atoms with Crippen molar-refractivity contribution in [3.63, 3.8) is 0 Å². The topological polar surface area (TPSA) is 90.0 Å². The largest absolute Gasteiger partial charge is 0.347 e. The first kappa shape index (κ1) is 29.0. The molecule has 0 aliphatic carbocycles. The Balaban J connectivity index is 1.37. The smallest absolute Gasteiger partial charge is 0.270 e. The number of amides is 1. The Hall–Kier alpha value is -3.46. The number of nitrogens with zero attached hydrogens (tertiary/aromatic N) is 5. The molecule has 1 saturated heterocycles. The van der Waals surface area contributed by atoms with Crippen LogP contribution in [0.15, 0.2) is 72.6 Å². The monoisotopic (exact) mass is 591 g/mol. The molecule has 3 aromatic rings. The van der Waals surface area contributed by atoms with Crippen LogP contribution in [-0.2, 0) is 6.54 Å². The highest BCUT2D eigenvalue weighted by atomic mass is 35.5. The van der Waals surface area contributed by atoms with Crippen molar-refractivity contribution in [2.45, 2.75) is 40.2 Å². The van der Waals surface area contributed by atoms with Gasteiger partial charge in [-0.2, -0.15) is 5.21 Å². The molecule has 0 saturated carbocycles. The molecule has 0 radical (unpaired) electrons. The molecule has 8 nitrogen and oxygen atoms in total. The van der Waals surface area contributed by atoms with Crippen LogP contribution in [-0.4, -0.2) is 56.0 Å². The van der Waals surface area contributed by atoms with Gasteiger partial charge >= 0.3 is 0 Å². The number of carbonyl (C=O) groups excluding carboxylic acids is 1. The SMILES string of the molecule is CC(C)(C)CN1CCC(C2=CC(c3cc(Cl)cc(Cl)c3)=CC=CN2Cc2ccc(C(=O)Nc3nn[nH]n3)cc2)CC1. The summed E-state index contributed by atoms with van der Waals surface area (Å²) in [6.07, 6.45) is 10.8. The van der Waals surface area contributed by atoms with Crippen molar-refractivity contribution >= 4 is 40.6 Å². The summed E-state index contributed by atoms with van der Waals surface area (Å²) in [4.78, 5) is 17.5. The third-order valence-electron chi connectivity index (χ3n) is 7.22. The first-order chi connectivity index (χ1) is 19.6. The fourth-order valence-corrected chi connectivity index (χ4v) is 5.95. The molecule has 3 heterocycles. The van der Waals surface area contributed by atoms with Crippen LogP contribution in [0.3, 0.4) is 0 Å². The molecule has 5 rings (SSSR count). The maximum atomic E-state index is 12.6. The van der Waals surface area contributed by atoms with Crippen LogP contribution >= 0.6 is 23.2 Å². The quantitative estimate of drug-likeness (QED) is 0.313. The van der Waals surface area contributed by atoms with Gasteiger partial charge in [-0.15, -0.1) is 5.10 Å². The number of aromatic nitrogens is 4. The molecule has 2 aliphatic heterocycles. The summed E-state index contributed by atoms with van der Waals surface area (Å²) in [5.41, 5.74) is 5.24. The Bertz CT molecular complexity index is 1430. The summed E-state index contributed by atoms with van der Waals surface area (Å²) in [6, 6.07) is 13.3. The van der Waals surface area contributed by atoms with E-state index >= 15 is 0 Å². The van der Waals surface area contributed by atoms with Crippen molar-refractivity contribution in [3.05, 3.63) is 99.3 Å². The number of anilines is 1. The number of halogens is 2. The molecule has 2 aliphatic rings. The van der Waals surface area contributed by atoms with E-state index in [0.717, 1.165) is 49.2 Å². The Morgan fingerprint density at radius 1 is 1.07 bits per heavy atom. The second kappa shape index (κ2) is 12.6. The predicted octanol–water partition coefficient (Wildman–Crippen LogP) is 6.81. The molecule has 1 fully saturated rings. The molecule has 2 aromatic carbocycles. The second-order valence-corrected chi connectivity index (χ2v) is 12.7. The molecule has 214 valence electrons. The van der Waals surface area contributed by atoms with Gasteiger partial charge in [-0.1, -0.05) is 67.3 Å². The number of aromatic amines is 1. The minimum Gasteiger partial charge on any atom is -0.347 e. The minimum atomic E-state index is -0.288. The standard InChI is InChI=1S/C31H35Cl2N7O/c1-31(2,3)20-39-13-10-22(11-14-39)28-17-24(25-15-26(32)18-27(33)16-25)5-4-12-40(28)19-21-6-8-23(9-7-21)29(41)34-30-35-37-38-36-30/h4-9,12,15-18,22H,10-11,13-14,19-20H2,1-3H3,(H2,34,35,36,37,38,41). The Kier molecular flexibility index (Phi) is 8.92. The van der Waals surface area contributed by atoms with Crippen molar-refractivity contribution in [1.82, 2.24) is 30.4 Å². The van der Waals surface area contributed by atoms with E-state index in [4.69, 9.17) is 23.2 Å². The van der Waals surface area contributed by atoms with E-state index in [1.807, 2.05) is 36.4 Å². The molecule has 10 heteroatoms. The molecule has 1 amide bonds. The van der Waals surface area contributed by atoms with E-state index in [1.165, 1.54) is 5.70 Å². The summed E-state index contributed by atoms with van der Waals surface area (Å²) in [5.74, 6) is 0.262. The maximum Gasteiger partial charge on any atom is 0.270 e. The van der Waals surface area contributed by atoms with Gasteiger partial charge in [-0.05, 0) is 95.7 Å². The van der Waals surface area contributed by atoms with Gasteiger partial charge in [0.25, 0.3) is 11.9 Å². The highest BCUT2D eigenvalue weighted by Crippen LogP contribution is 2.35. The minimum absolute atomic E-state index is 0.140. The van der Waals surface area contributed by atoms with Crippen molar-refractivity contribution in [3.8, 4) is 0 Å². The van der Waals surface area contributed by atoms with Crippen molar-refractivity contribution in [2.24, 2.45) is 11.3 Å². The normalized spacial score (nSPS) is 16.8. The molecular formula is C31H35Cl2N7O. The summed E-state index contributed by atoms with van der Waals surface area (Å²) in [7, 11) is 0. The van der Waals surface area contributed by atoms with E-state index in [2.05, 4.69) is 80.9 Å². The molecule has 1 aromatic heterocycles. The van der Waals surface area contributed by atoms with Gasteiger partial charge in [0.1, 0.15) is 0 Å². The number of allylic oxidation sites excluding steroid dienone is 5. The van der Waals surface area contributed by atoms with Crippen LogP contribution in [0.25, 0.3) is 5.57 Å². The lowest BCUT2D eigenvalue weighted by molar-refractivity contribution is 0.102. The number of tetrazole rings is 1. The predicted molar refractivity (Wildman–Crippen MR) is 164 cm³/mol. The zero-order valence-electron chi connectivity index (χ0n) is 23.6. The summed E-state index contributed by atoms with van der Waals surface area (Å²) in [6.45, 7) is 10.8. The fourth-order valence-electron chi connectivity index (χ4n) is 5.43. The van der Waals surface area contributed by atoms with E-state index < -0.39 is 0 Å². The number of hydrogen-bond donors (Lipinski definition) is 2. The van der Waals surface area contributed by atoms with Gasteiger partial charge in [0.2, 0.25) is 0 Å². The average molecular weight is 593 g/mol. The lowest BCUT2D eigenvalue weighted by Crippen LogP contribution is -2.40. The number of nitrogens with one attached hydrogen (secondary N) is 2. The maximum absolute atomic E-state index is 12.6. The number of H-pyrrole nitrogens is 1. The van der Waals surface area contributed by atoms with E-state index in [-0.39, 0.29) is 17.3 Å². The van der Waals surface area contributed by atoms with Gasteiger partial charge in [0.15, 0.2) is 0 Å². The third kappa shape index (κ3) is 7.85.